The lowest BCUT2D eigenvalue weighted by Gasteiger charge is -2.22. The largest absolute Gasteiger partial charge is 0.490 e. The lowest BCUT2D eigenvalue weighted by atomic mass is 10.1. The number of carboxylic acids is 2. The third-order valence-electron chi connectivity index (χ3n) is 4.90. The Hall–Kier alpha value is -3.20. The van der Waals surface area contributed by atoms with E-state index in [1.54, 1.807) is 0 Å². The van der Waals surface area contributed by atoms with E-state index in [1.165, 1.54) is 24.0 Å². The Labute approximate surface area is 201 Å². The van der Waals surface area contributed by atoms with E-state index in [0.29, 0.717) is 0 Å². The highest BCUT2D eigenvalue weighted by molar-refractivity contribution is 5.73. The first-order valence-electron chi connectivity index (χ1n) is 10.6. The molecule has 1 atom stereocenters. The third kappa shape index (κ3) is 10.2. The molecule has 1 aliphatic carbocycles. The second-order valence-corrected chi connectivity index (χ2v) is 7.91. The number of nitrogens with zero attached hydrogens (tertiary/aromatic N) is 3. The zero-order chi connectivity index (χ0) is 26.9. The van der Waals surface area contributed by atoms with Gasteiger partial charge in [0, 0.05) is 38.2 Å². The minimum Gasteiger partial charge on any atom is -0.475 e. The van der Waals surface area contributed by atoms with Gasteiger partial charge in [0.1, 0.15) is 6.10 Å². The quantitative estimate of drug-likeness (QED) is 0.490. The Morgan fingerprint density at radius 1 is 1.06 bits per heavy atom. The van der Waals surface area contributed by atoms with Crippen molar-refractivity contribution in [1.29, 1.82) is 0 Å². The number of rotatable bonds is 6. The molecule has 0 amide bonds. The highest BCUT2D eigenvalue weighted by Gasteiger charge is 2.38. The molecule has 2 aromatic heterocycles. The van der Waals surface area contributed by atoms with Crippen molar-refractivity contribution < 1.29 is 50.9 Å². The van der Waals surface area contributed by atoms with Crippen LogP contribution in [0.5, 0.6) is 0 Å². The van der Waals surface area contributed by atoms with Crippen molar-refractivity contribution in [2.75, 3.05) is 13.2 Å². The summed E-state index contributed by atoms with van der Waals surface area (Å²) in [4.78, 5) is 21.8. The second kappa shape index (κ2) is 12.7. The van der Waals surface area contributed by atoms with E-state index in [1.807, 2.05) is 24.5 Å². The fourth-order valence-electron chi connectivity index (χ4n) is 2.99. The normalized spacial score (nSPS) is 17.1. The Balaban J connectivity index is 0.000000271. The van der Waals surface area contributed by atoms with Crippen LogP contribution in [-0.2, 0) is 33.8 Å². The molecule has 1 aliphatic heterocycles. The molecule has 0 saturated heterocycles. The van der Waals surface area contributed by atoms with Crippen molar-refractivity contribution >= 4 is 11.9 Å². The molecule has 3 N–H and O–H groups in total. The number of nitrogens with one attached hydrogen (secondary N) is 1. The number of aliphatic carboxylic acids is 2. The van der Waals surface area contributed by atoms with Crippen LogP contribution in [0.15, 0.2) is 30.7 Å². The van der Waals surface area contributed by atoms with Crippen LogP contribution in [-0.4, -0.2) is 62.4 Å². The zero-order valence-corrected chi connectivity index (χ0v) is 18.7. The maximum atomic E-state index is 10.6. The molecule has 1 unspecified atom stereocenters. The van der Waals surface area contributed by atoms with Crippen LogP contribution in [0.3, 0.4) is 0 Å². The summed E-state index contributed by atoms with van der Waals surface area (Å²) in [5, 5.41) is 22.5. The van der Waals surface area contributed by atoms with Crippen molar-refractivity contribution in [3.05, 3.63) is 47.5 Å². The molecule has 1 saturated carbocycles. The summed E-state index contributed by atoms with van der Waals surface area (Å²) in [6, 6.07) is 4.06. The molecule has 0 aromatic carbocycles. The molecule has 1 fully saturated rings. The van der Waals surface area contributed by atoms with Crippen LogP contribution >= 0.6 is 0 Å². The Kier molecular flexibility index (Phi) is 10.2. The average molecular weight is 526 g/mol. The SMILES string of the molecule is O=C(O)C(F)(F)F.O=C(O)C(F)(F)F.c1cc(CNCC2OCCc3cn(CC4CC4)nc32)ccn1. The van der Waals surface area contributed by atoms with Crippen molar-refractivity contribution in [2.45, 2.75) is 50.8 Å². The van der Waals surface area contributed by atoms with E-state index >= 15 is 0 Å². The fraction of sp³-hybridized carbons (Fsp3) is 0.524. The molecule has 2 aliphatic rings. The highest BCUT2D eigenvalue weighted by atomic mass is 19.4. The first-order chi connectivity index (χ1) is 16.8. The lowest BCUT2D eigenvalue weighted by Crippen LogP contribution is -2.27. The van der Waals surface area contributed by atoms with Crippen LogP contribution < -0.4 is 5.32 Å². The van der Waals surface area contributed by atoms with Crippen LogP contribution in [0.2, 0.25) is 0 Å². The Morgan fingerprint density at radius 2 is 1.61 bits per heavy atom. The van der Waals surface area contributed by atoms with Gasteiger partial charge in [-0.1, -0.05) is 0 Å². The summed E-state index contributed by atoms with van der Waals surface area (Å²) < 4.78 is 71.5. The van der Waals surface area contributed by atoms with Crippen molar-refractivity contribution in [2.24, 2.45) is 5.92 Å². The van der Waals surface area contributed by atoms with E-state index in [-0.39, 0.29) is 6.10 Å². The second-order valence-electron chi connectivity index (χ2n) is 7.91. The van der Waals surface area contributed by atoms with Crippen molar-refractivity contribution in [3.8, 4) is 0 Å². The number of halogens is 6. The molecule has 0 bridgehead atoms. The van der Waals surface area contributed by atoms with Gasteiger partial charge in [0.15, 0.2) is 0 Å². The summed E-state index contributed by atoms with van der Waals surface area (Å²) in [7, 11) is 0. The number of alkyl halides is 6. The smallest absolute Gasteiger partial charge is 0.475 e. The van der Waals surface area contributed by atoms with Gasteiger partial charge in [-0.3, -0.25) is 9.67 Å². The van der Waals surface area contributed by atoms with Gasteiger partial charge in [-0.05, 0) is 48.4 Å². The summed E-state index contributed by atoms with van der Waals surface area (Å²) >= 11 is 0. The van der Waals surface area contributed by atoms with Crippen LogP contribution in [0.1, 0.15) is 35.8 Å². The first-order valence-corrected chi connectivity index (χ1v) is 10.6. The van der Waals surface area contributed by atoms with Gasteiger partial charge in [0.25, 0.3) is 0 Å². The van der Waals surface area contributed by atoms with Gasteiger partial charge in [-0.25, -0.2) is 9.59 Å². The van der Waals surface area contributed by atoms with Gasteiger partial charge in [0.2, 0.25) is 0 Å². The predicted molar refractivity (Wildman–Crippen MR) is 111 cm³/mol. The first kappa shape index (κ1) is 29.0. The maximum absolute atomic E-state index is 10.6. The highest BCUT2D eigenvalue weighted by Crippen LogP contribution is 2.32. The number of carbonyl (C=O) groups is 2. The molecule has 15 heteroatoms. The fourth-order valence-corrected chi connectivity index (χ4v) is 2.99. The van der Waals surface area contributed by atoms with Crippen LogP contribution in [0.25, 0.3) is 0 Å². The molecule has 0 radical (unpaired) electrons. The molecule has 4 rings (SSSR count). The summed E-state index contributed by atoms with van der Waals surface area (Å²) in [6.45, 7) is 3.50. The van der Waals surface area contributed by atoms with Gasteiger partial charge in [0.05, 0.1) is 12.3 Å². The average Bonchev–Trinajstić information content (AvgIpc) is 3.50. The molecule has 0 spiro atoms. The maximum Gasteiger partial charge on any atom is 0.490 e. The zero-order valence-electron chi connectivity index (χ0n) is 18.7. The third-order valence-corrected chi connectivity index (χ3v) is 4.90. The molecule has 2 aromatic rings. The number of aromatic nitrogens is 3. The number of carboxylic acid groups (broad SMARTS) is 2. The minimum absolute atomic E-state index is 0.0750. The summed E-state index contributed by atoms with van der Waals surface area (Å²) in [5.41, 5.74) is 3.74. The lowest BCUT2D eigenvalue weighted by molar-refractivity contribution is -0.193. The van der Waals surface area contributed by atoms with E-state index in [0.717, 1.165) is 44.3 Å². The predicted octanol–water partition coefficient (Wildman–Crippen LogP) is 3.36. The monoisotopic (exact) mass is 526 g/mol. The summed E-state index contributed by atoms with van der Waals surface area (Å²) in [6.07, 6.45) is -0.508. The van der Waals surface area contributed by atoms with Gasteiger partial charge in [-0.15, -0.1) is 0 Å². The van der Waals surface area contributed by atoms with E-state index in [2.05, 4.69) is 21.2 Å². The van der Waals surface area contributed by atoms with Crippen molar-refractivity contribution in [3.63, 3.8) is 0 Å². The number of hydrogen-bond acceptors (Lipinski definition) is 6. The Morgan fingerprint density at radius 3 is 2.11 bits per heavy atom. The molecule has 9 nitrogen and oxygen atoms in total. The van der Waals surface area contributed by atoms with Gasteiger partial charge < -0.3 is 20.3 Å². The topological polar surface area (TPSA) is 127 Å². The van der Waals surface area contributed by atoms with E-state index < -0.39 is 24.3 Å². The standard InChI is InChI=1S/C17H22N4O.2C2HF3O2/c1-2-14(1)11-21-12-15-5-8-22-16(17(15)20-21)10-19-9-13-3-6-18-7-4-13;2*3-2(4,5)1(6)7/h3-4,6-7,12,14,16,19H,1-2,5,8-11H2;2*(H,6,7). The molecular weight excluding hydrogens is 502 g/mol. The molecule has 36 heavy (non-hydrogen) atoms. The van der Waals surface area contributed by atoms with Crippen molar-refractivity contribution in [1.82, 2.24) is 20.1 Å². The number of fused-ring (bicyclic) bond motifs is 1. The van der Waals surface area contributed by atoms with E-state index in [9.17, 15) is 26.3 Å². The Bertz CT molecular complexity index is 969. The molecule has 3 heterocycles. The van der Waals surface area contributed by atoms with Crippen LogP contribution in [0, 0.1) is 5.92 Å². The number of ether oxygens (including phenoxy) is 1. The number of pyridine rings is 1. The van der Waals surface area contributed by atoms with E-state index in [4.69, 9.17) is 29.6 Å². The van der Waals surface area contributed by atoms with Crippen LogP contribution in [0.4, 0.5) is 26.3 Å². The molecule has 200 valence electrons. The molecular formula is C21H24F6N4O5. The van der Waals surface area contributed by atoms with Gasteiger partial charge in [-0.2, -0.15) is 31.4 Å². The van der Waals surface area contributed by atoms with Gasteiger partial charge >= 0.3 is 24.3 Å². The minimum atomic E-state index is -5.08. The summed E-state index contributed by atoms with van der Waals surface area (Å²) in [5.74, 6) is -4.66. The number of hydrogen-bond donors (Lipinski definition) is 3.